The Morgan fingerprint density at radius 1 is 1.24 bits per heavy atom. The molecule has 21 heavy (non-hydrogen) atoms. The van der Waals surface area contributed by atoms with E-state index in [1.807, 2.05) is 10.9 Å². The first kappa shape index (κ1) is 12.5. The Bertz CT molecular complexity index is 739. The molecule has 0 bridgehead atoms. The molecule has 6 nitrogen and oxygen atoms in total. The predicted molar refractivity (Wildman–Crippen MR) is 79.4 cm³/mol. The Kier molecular flexibility index (Phi) is 3.16. The second kappa shape index (κ2) is 5.29. The second-order valence-electron chi connectivity index (χ2n) is 5.68. The third-order valence-electron chi connectivity index (χ3n) is 4.02. The van der Waals surface area contributed by atoms with Gasteiger partial charge < -0.3 is 10.3 Å². The van der Waals surface area contributed by atoms with Gasteiger partial charge in [0.05, 0.1) is 6.54 Å². The lowest BCUT2D eigenvalue weighted by Gasteiger charge is -2.07. The van der Waals surface area contributed by atoms with E-state index in [1.54, 1.807) is 0 Å². The molecule has 0 atom stereocenters. The maximum Gasteiger partial charge on any atom is 0.165 e. The van der Waals surface area contributed by atoms with Crippen LogP contribution in [0.2, 0.25) is 0 Å². The van der Waals surface area contributed by atoms with Gasteiger partial charge in [0.15, 0.2) is 5.82 Å². The van der Waals surface area contributed by atoms with E-state index in [-0.39, 0.29) is 0 Å². The van der Waals surface area contributed by atoms with Gasteiger partial charge in [-0.05, 0) is 46.9 Å². The molecule has 0 saturated heterocycles. The van der Waals surface area contributed by atoms with Crippen molar-refractivity contribution in [1.29, 1.82) is 0 Å². The standard InChI is InChI=1S/C15H18N6/c1-2-12(13-6-7-17-14(13)3-1)8-16-9-15-18-19-20-21(15)10-11-4-5-11/h1-3,6-7,11,16-17H,4-5,8-10H2. The zero-order chi connectivity index (χ0) is 14.1. The highest BCUT2D eigenvalue weighted by Crippen LogP contribution is 2.30. The molecule has 1 saturated carbocycles. The molecule has 1 aliphatic rings. The molecule has 1 aliphatic carbocycles. The van der Waals surface area contributed by atoms with Gasteiger partial charge in [-0.3, -0.25) is 0 Å². The van der Waals surface area contributed by atoms with E-state index in [0.717, 1.165) is 24.8 Å². The zero-order valence-electron chi connectivity index (χ0n) is 11.8. The highest BCUT2D eigenvalue weighted by molar-refractivity contribution is 5.82. The predicted octanol–water partition coefficient (Wildman–Crippen LogP) is 1.85. The van der Waals surface area contributed by atoms with E-state index in [1.165, 1.54) is 29.3 Å². The molecule has 4 rings (SSSR count). The molecule has 6 heteroatoms. The SMILES string of the molecule is c1cc(CNCc2nnnn2CC2CC2)c2cc[nH]c2c1. The molecule has 2 heterocycles. The van der Waals surface area contributed by atoms with Crippen LogP contribution in [0.25, 0.3) is 10.9 Å². The minimum absolute atomic E-state index is 0.695. The van der Waals surface area contributed by atoms with Crippen LogP contribution in [0.5, 0.6) is 0 Å². The minimum atomic E-state index is 0.695. The fraction of sp³-hybridized carbons (Fsp3) is 0.400. The van der Waals surface area contributed by atoms with Crippen LogP contribution in [0.4, 0.5) is 0 Å². The molecule has 108 valence electrons. The van der Waals surface area contributed by atoms with Gasteiger partial charge in [0.1, 0.15) is 0 Å². The van der Waals surface area contributed by atoms with Crippen LogP contribution in [0.15, 0.2) is 30.5 Å². The summed E-state index contributed by atoms with van der Waals surface area (Å²) in [6.07, 6.45) is 4.59. The molecule has 0 aliphatic heterocycles. The van der Waals surface area contributed by atoms with Gasteiger partial charge in [-0.25, -0.2) is 4.68 Å². The average molecular weight is 282 g/mol. The summed E-state index contributed by atoms with van der Waals surface area (Å²) in [5.41, 5.74) is 2.46. The largest absolute Gasteiger partial charge is 0.361 e. The third-order valence-corrected chi connectivity index (χ3v) is 4.02. The first-order chi connectivity index (χ1) is 10.4. The quantitative estimate of drug-likeness (QED) is 0.724. The Morgan fingerprint density at radius 2 is 2.19 bits per heavy atom. The molecule has 3 aromatic rings. The molecule has 1 aromatic carbocycles. The zero-order valence-corrected chi connectivity index (χ0v) is 11.8. The van der Waals surface area contributed by atoms with Crippen LogP contribution in [-0.4, -0.2) is 25.2 Å². The number of aromatic nitrogens is 5. The normalized spacial score (nSPS) is 14.9. The van der Waals surface area contributed by atoms with Gasteiger partial charge in [-0.2, -0.15) is 0 Å². The van der Waals surface area contributed by atoms with E-state index in [4.69, 9.17) is 0 Å². The summed E-state index contributed by atoms with van der Waals surface area (Å²) in [4.78, 5) is 3.24. The lowest BCUT2D eigenvalue weighted by Crippen LogP contribution is -2.18. The van der Waals surface area contributed by atoms with Crippen molar-refractivity contribution in [3.05, 3.63) is 41.9 Å². The number of H-pyrrole nitrogens is 1. The summed E-state index contributed by atoms with van der Waals surface area (Å²) in [5, 5.41) is 16.7. The summed E-state index contributed by atoms with van der Waals surface area (Å²) in [5.74, 6) is 1.70. The van der Waals surface area contributed by atoms with Crippen molar-refractivity contribution in [2.24, 2.45) is 5.92 Å². The van der Waals surface area contributed by atoms with Crippen LogP contribution in [0, 0.1) is 5.92 Å². The lowest BCUT2D eigenvalue weighted by molar-refractivity contribution is 0.508. The highest BCUT2D eigenvalue weighted by Gasteiger charge is 2.23. The van der Waals surface area contributed by atoms with Crippen molar-refractivity contribution in [1.82, 2.24) is 30.5 Å². The molecule has 2 aromatic heterocycles. The van der Waals surface area contributed by atoms with Gasteiger partial charge in [0, 0.05) is 30.2 Å². The summed E-state index contributed by atoms with van der Waals surface area (Å²) in [6.45, 7) is 2.46. The number of nitrogens with zero attached hydrogens (tertiary/aromatic N) is 4. The van der Waals surface area contributed by atoms with Gasteiger partial charge in [0.25, 0.3) is 0 Å². The Hall–Kier alpha value is -2.21. The molecule has 0 radical (unpaired) electrons. The summed E-state index contributed by atoms with van der Waals surface area (Å²) >= 11 is 0. The molecule has 0 spiro atoms. The van der Waals surface area contributed by atoms with E-state index in [2.05, 4.69) is 50.1 Å². The first-order valence-electron chi connectivity index (χ1n) is 7.41. The van der Waals surface area contributed by atoms with E-state index in [0.29, 0.717) is 6.54 Å². The molecular formula is C15H18N6. The number of rotatable bonds is 6. The van der Waals surface area contributed by atoms with E-state index < -0.39 is 0 Å². The number of aromatic amines is 1. The van der Waals surface area contributed by atoms with Gasteiger partial charge in [-0.15, -0.1) is 5.10 Å². The maximum atomic E-state index is 4.11. The molecule has 0 unspecified atom stereocenters. The highest BCUT2D eigenvalue weighted by atomic mass is 15.5. The number of hydrogen-bond acceptors (Lipinski definition) is 4. The van der Waals surface area contributed by atoms with Crippen molar-refractivity contribution >= 4 is 10.9 Å². The maximum absolute atomic E-state index is 4.11. The summed E-state index contributed by atoms with van der Waals surface area (Å²) in [7, 11) is 0. The van der Waals surface area contributed by atoms with Gasteiger partial charge >= 0.3 is 0 Å². The first-order valence-corrected chi connectivity index (χ1v) is 7.41. The number of nitrogens with one attached hydrogen (secondary N) is 2. The van der Waals surface area contributed by atoms with E-state index in [9.17, 15) is 0 Å². The van der Waals surface area contributed by atoms with Gasteiger partial charge in [-0.1, -0.05) is 12.1 Å². The fourth-order valence-corrected chi connectivity index (χ4v) is 2.65. The molecule has 1 fully saturated rings. The number of tetrazole rings is 1. The summed E-state index contributed by atoms with van der Waals surface area (Å²) < 4.78 is 1.93. The molecular weight excluding hydrogens is 264 g/mol. The van der Waals surface area contributed by atoms with Crippen molar-refractivity contribution in [2.75, 3.05) is 0 Å². The fourth-order valence-electron chi connectivity index (χ4n) is 2.65. The van der Waals surface area contributed by atoms with Crippen molar-refractivity contribution in [3.8, 4) is 0 Å². The van der Waals surface area contributed by atoms with Crippen LogP contribution < -0.4 is 5.32 Å². The summed E-state index contributed by atoms with van der Waals surface area (Å²) in [6, 6.07) is 8.43. The third kappa shape index (κ3) is 2.67. The van der Waals surface area contributed by atoms with Crippen LogP contribution in [0.1, 0.15) is 24.2 Å². The topological polar surface area (TPSA) is 71.4 Å². The van der Waals surface area contributed by atoms with E-state index >= 15 is 0 Å². The number of fused-ring (bicyclic) bond motifs is 1. The Morgan fingerprint density at radius 3 is 3.10 bits per heavy atom. The average Bonchev–Trinajstić information content (AvgIpc) is 2.99. The van der Waals surface area contributed by atoms with Gasteiger partial charge in [0.2, 0.25) is 0 Å². The molecule has 0 amide bonds. The van der Waals surface area contributed by atoms with Crippen LogP contribution in [-0.2, 0) is 19.6 Å². The van der Waals surface area contributed by atoms with Crippen LogP contribution in [0.3, 0.4) is 0 Å². The minimum Gasteiger partial charge on any atom is -0.361 e. The van der Waals surface area contributed by atoms with Crippen molar-refractivity contribution < 1.29 is 0 Å². The van der Waals surface area contributed by atoms with Crippen molar-refractivity contribution in [3.63, 3.8) is 0 Å². The smallest absolute Gasteiger partial charge is 0.165 e. The Labute approximate surface area is 122 Å². The number of hydrogen-bond donors (Lipinski definition) is 2. The second-order valence-corrected chi connectivity index (χ2v) is 5.68. The number of benzene rings is 1. The molecule has 2 N–H and O–H groups in total. The van der Waals surface area contributed by atoms with Crippen molar-refractivity contribution in [2.45, 2.75) is 32.5 Å². The Balaban J connectivity index is 1.41. The monoisotopic (exact) mass is 282 g/mol. The lowest BCUT2D eigenvalue weighted by atomic mass is 10.1. The van der Waals surface area contributed by atoms with Crippen LogP contribution >= 0.6 is 0 Å².